The Labute approximate surface area is 192 Å². The molecule has 4 nitrogen and oxygen atoms in total. The van der Waals surface area contributed by atoms with E-state index in [0.717, 1.165) is 24.8 Å². The zero-order chi connectivity index (χ0) is 22.6. The maximum atomic E-state index is 6.41. The monoisotopic (exact) mass is 436 g/mol. The van der Waals surface area contributed by atoms with E-state index in [9.17, 15) is 0 Å². The van der Waals surface area contributed by atoms with E-state index in [1.807, 2.05) is 49.4 Å². The molecule has 1 aliphatic rings. The molecular formula is C28H36O4. The molecule has 0 amide bonds. The molecule has 0 bridgehead atoms. The highest BCUT2D eigenvalue weighted by atomic mass is 16.6. The molecule has 0 unspecified atom stereocenters. The lowest BCUT2D eigenvalue weighted by Gasteiger charge is -2.41. The molecule has 1 heterocycles. The Bertz CT molecular complexity index is 805. The lowest BCUT2D eigenvalue weighted by Crippen LogP contribution is -2.50. The highest BCUT2D eigenvalue weighted by Crippen LogP contribution is 2.31. The average Bonchev–Trinajstić information content (AvgIpc) is 2.80. The highest BCUT2D eigenvalue weighted by Gasteiger charge is 2.40. The van der Waals surface area contributed by atoms with Gasteiger partial charge in [-0.25, -0.2) is 0 Å². The van der Waals surface area contributed by atoms with Crippen LogP contribution in [0.3, 0.4) is 0 Å². The SMILES string of the molecule is C=CC[C@H]1O[C@H](CCCOCc2ccccc2)C[C@H](OCc2ccccc2)[C@@H]1OC(=C)C. The van der Waals surface area contributed by atoms with E-state index < -0.39 is 0 Å². The summed E-state index contributed by atoms with van der Waals surface area (Å²) in [6.07, 6.45) is 4.99. The summed E-state index contributed by atoms with van der Waals surface area (Å²) in [5.74, 6) is 0.675. The Balaban J connectivity index is 1.54. The minimum Gasteiger partial charge on any atom is -0.490 e. The van der Waals surface area contributed by atoms with Crippen molar-refractivity contribution in [2.45, 2.75) is 70.2 Å². The molecule has 1 saturated heterocycles. The van der Waals surface area contributed by atoms with E-state index in [0.29, 0.717) is 32.0 Å². The van der Waals surface area contributed by atoms with E-state index in [2.05, 4.69) is 37.4 Å². The van der Waals surface area contributed by atoms with Crippen molar-refractivity contribution in [3.05, 3.63) is 96.8 Å². The Hall–Kier alpha value is -2.40. The van der Waals surface area contributed by atoms with Gasteiger partial charge in [0.25, 0.3) is 0 Å². The second kappa shape index (κ2) is 13.2. The second-order valence-electron chi connectivity index (χ2n) is 8.36. The zero-order valence-electron chi connectivity index (χ0n) is 19.2. The molecule has 32 heavy (non-hydrogen) atoms. The molecule has 1 aliphatic heterocycles. The quantitative estimate of drug-likeness (QED) is 0.212. The third kappa shape index (κ3) is 7.94. The summed E-state index contributed by atoms with van der Waals surface area (Å²) in [6.45, 7) is 11.6. The van der Waals surface area contributed by atoms with E-state index >= 15 is 0 Å². The Morgan fingerprint density at radius 1 is 1.03 bits per heavy atom. The van der Waals surface area contributed by atoms with Crippen LogP contribution in [0.5, 0.6) is 0 Å². The number of hydrogen-bond donors (Lipinski definition) is 0. The molecule has 2 aromatic carbocycles. The van der Waals surface area contributed by atoms with E-state index in [1.54, 1.807) is 0 Å². The average molecular weight is 437 g/mol. The molecular weight excluding hydrogens is 400 g/mol. The number of allylic oxidation sites excluding steroid dienone is 1. The van der Waals surface area contributed by atoms with Crippen molar-refractivity contribution in [3.63, 3.8) is 0 Å². The molecule has 1 fully saturated rings. The number of rotatable bonds is 13. The van der Waals surface area contributed by atoms with Crippen LogP contribution in [0.2, 0.25) is 0 Å². The van der Waals surface area contributed by atoms with Crippen LogP contribution in [-0.2, 0) is 32.2 Å². The van der Waals surface area contributed by atoms with Crippen LogP contribution in [0.15, 0.2) is 85.7 Å². The van der Waals surface area contributed by atoms with Crippen LogP contribution in [0.4, 0.5) is 0 Å². The molecule has 0 radical (unpaired) electrons. The van der Waals surface area contributed by atoms with Crippen molar-refractivity contribution in [2.75, 3.05) is 6.61 Å². The van der Waals surface area contributed by atoms with Crippen LogP contribution in [0.25, 0.3) is 0 Å². The van der Waals surface area contributed by atoms with Gasteiger partial charge >= 0.3 is 0 Å². The first kappa shape index (κ1) is 24.2. The second-order valence-corrected chi connectivity index (χ2v) is 8.36. The first-order valence-electron chi connectivity index (χ1n) is 11.5. The standard InChI is InChI=1S/C28H36O4/c1-4-12-26-28(31-22(2)3)27(30-21-24-15-9-6-10-16-24)19-25(32-26)17-11-18-29-20-23-13-7-5-8-14-23/h4-10,13-16,25-28H,1-2,11-12,17-21H2,3H3/t25-,26-,27+,28-/m1/s1. The van der Waals surface area contributed by atoms with Gasteiger partial charge < -0.3 is 18.9 Å². The summed E-state index contributed by atoms with van der Waals surface area (Å²) in [4.78, 5) is 0. The molecule has 3 rings (SSSR count). The third-order valence-corrected chi connectivity index (χ3v) is 5.56. The number of ether oxygens (including phenoxy) is 4. The van der Waals surface area contributed by atoms with Crippen LogP contribution in [0, 0.1) is 0 Å². The van der Waals surface area contributed by atoms with Gasteiger partial charge in [-0.3, -0.25) is 0 Å². The van der Waals surface area contributed by atoms with Gasteiger partial charge in [-0.15, -0.1) is 6.58 Å². The minimum absolute atomic E-state index is 0.0687. The molecule has 0 aromatic heterocycles. The summed E-state index contributed by atoms with van der Waals surface area (Å²) in [5, 5.41) is 0. The van der Waals surface area contributed by atoms with E-state index in [-0.39, 0.29) is 24.4 Å². The summed E-state index contributed by atoms with van der Waals surface area (Å²) in [5.41, 5.74) is 2.35. The lowest BCUT2D eigenvalue weighted by atomic mass is 9.93. The fraction of sp³-hybridized carbons (Fsp3) is 0.429. The third-order valence-electron chi connectivity index (χ3n) is 5.56. The van der Waals surface area contributed by atoms with Gasteiger partial charge in [0.15, 0.2) is 6.10 Å². The summed E-state index contributed by atoms with van der Waals surface area (Å²) < 4.78 is 24.7. The molecule has 172 valence electrons. The first-order valence-corrected chi connectivity index (χ1v) is 11.5. The highest BCUT2D eigenvalue weighted by molar-refractivity contribution is 5.14. The normalized spacial score (nSPS) is 22.9. The molecule has 0 spiro atoms. The van der Waals surface area contributed by atoms with E-state index in [1.165, 1.54) is 5.56 Å². The fourth-order valence-electron chi connectivity index (χ4n) is 4.05. The zero-order valence-corrected chi connectivity index (χ0v) is 19.2. The van der Waals surface area contributed by atoms with Gasteiger partial charge in [0.2, 0.25) is 0 Å². The molecule has 2 aromatic rings. The fourth-order valence-corrected chi connectivity index (χ4v) is 4.05. The van der Waals surface area contributed by atoms with Crippen LogP contribution in [0.1, 0.15) is 43.7 Å². The van der Waals surface area contributed by atoms with Crippen LogP contribution >= 0.6 is 0 Å². The van der Waals surface area contributed by atoms with Gasteiger partial charge in [0.05, 0.1) is 31.2 Å². The Kier molecular flexibility index (Phi) is 10.0. The first-order chi connectivity index (χ1) is 15.7. The maximum absolute atomic E-state index is 6.41. The van der Waals surface area contributed by atoms with Gasteiger partial charge in [-0.1, -0.05) is 73.3 Å². The lowest BCUT2D eigenvalue weighted by molar-refractivity contribution is -0.193. The van der Waals surface area contributed by atoms with Crippen molar-refractivity contribution in [2.24, 2.45) is 0 Å². The van der Waals surface area contributed by atoms with Crippen LogP contribution in [-0.4, -0.2) is 31.0 Å². The molecule has 0 aliphatic carbocycles. The van der Waals surface area contributed by atoms with Crippen molar-refractivity contribution in [1.29, 1.82) is 0 Å². The predicted molar refractivity (Wildman–Crippen MR) is 128 cm³/mol. The number of benzene rings is 2. The van der Waals surface area contributed by atoms with Gasteiger partial charge in [-0.2, -0.15) is 0 Å². The minimum atomic E-state index is -0.195. The largest absolute Gasteiger partial charge is 0.490 e. The summed E-state index contributed by atoms with van der Waals surface area (Å²) in [7, 11) is 0. The summed E-state index contributed by atoms with van der Waals surface area (Å²) >= 11 is 0. The molecule has 0 saturated carbocycles. The number of hydrogen-bond acceptors (Lipinski definition) is 4. The molecule has 0 N–H and O–H groups in total. The predicted octanol–water partition coefficient (Wildman–Crippen LogP) is 6.22. The Morgan fingerprint density at radius 2 is 1.69 bits per heavy atom. The summed E-state index contributed by atoms with van der Waals surface area (Å²) in [6, 6.07) is 20.5. The maximum Gasteiger partial charge on any atom is 0.151 e. The van der Waals surface area contributed by atoms with Gasteiger partial charge in [0.1, 0.15) is 6.10 Å². The van der Waals surface area contributed by atoms with Crippen molar-refractivity contribution >= 4 is 0 Å². The smallest absolute Gasteiger partial charge is 0.151 e. The van der Waals surface area contributed by atoms with Gasteiger partial charge in [-0.05, 0) is 37.3 Å². The van der Waals surface area contributed by atoms with Crippen molar-refractivity contribution in [1.82, 2.24) is 0 Å². The molecule has 4 heteroatoms. The van der Waals surface area contributed by atoms with Gasteiger partial charge in [0, 0.05) is 13.0 Å². The topological polar surface area (TPSA) is 36.9 Å². The van der Waals surface area contributed by atoms with Crippen molar-refractivity contribution in [3.8, 4) is 0 Å². The molecule has 4 atom stereocenters. The Morgan fingerprint density at radius 3 is 2.31 bits per heavy atom. The van der Waals surface area contributed by atoms with Crippen molar-refractivity contribution < 1.29 is 18.9 Å². The van der Waals surface area contributed by atoms with E-state index in [4.69, 9.17) is 18.9 Å². The van der Waals surface area contributed by atoms with Crippen LogP contribution < -0.4 is 0 Å².